The van der Waals surface area contributed by atoms with Crippen molar-refractivity contribution in [1.82, 2.24) is 9.71 Å². The van der Waals surface area contributed by atoms with Crippen molar-refractivity contribution < 1.29 is 13.2 Å². The van der Waals surface area contributed by atoms with Crippen LogP contribution < -0.4 is 4.72 Å². The van der Waals surface area contributed by atoms with E-state index >= 15 is 0 Å². The van der Waals surface area contributed by atoms with Crippen LogP contribution in [0.5, 0.6) is 0 Å². The molecule has 0 spiro atoms. The molecule has 1 atom stereocenters. The van der Waals surface area contributed by atoms with Gasteiger partial charge in [-0.05, 0) is 25.0 Å². The third-order valence-electron chi connectivity index (χ3n) is 2.90. The van der Waals surface area contributed by atoms with Crippen molar-refractivity contribution in [3.05, 3.63) is 24.5 Å². The minimum Gasteiger partial charge on any atom is -0.299 e. The molecule has 1 aromatic heterocycles. The Balaban J connectivity index is 2.01. The van der Waals surface area contributed by atoms with E-state index in [2.05, 4.69) is 9.71 Å². The molecular formula is C11H14N2O3S. The molecule has 0 aliphatic heterocycles. The van der Waals surface area contributed by atoms with E-state index in [1.165, 1.54) is 18.5 Å². The summed E-state index contributed by atoms with van der Waals surface area (Å²) in [6, 6.07) is 3.04. The average Bonchev–Trinajstić information content (AvgIpc) is 2.74. The van der Waals surface area contributed by atoms with Crippen molar-refractivity contribution >= 4 is 15.8 Å². The topological polar surface area (TPSA) is 76.1 Å². The molecule has 17 heavy (non-hydrogen) atoms. The van der Waals surface area contributed by atoms with Gasteiger partial charge in [0.2, 0.25) is 10.0 Å². The lowest BCUT2D eigenvalue weighted by atomic mass is 10.1. The van der Waals surface area contributed by atoms with E-state index in [9.17, 15) is 13.2 Å². The highest BCUT2D eigenvalue weighted by molar-refractivity contribution is 7.89. The van der Waals surface area contributed by atoms with Crippen molar-refractivity contribution in [2.24, 2.45) is 5.92 Å². The first-order chi connectivity index (χ1) is 8.09. The molecule has 5 nitrogen and oxygen atoms in total. The highest BCUT2D eigenvalue weighted by Crippen LogP contribution is 2.20. The Kier molecular flexibility index (Phi) is 3.54. The van der Waals surface area contributed by atoms with E-state index in [4.69, 9.17) is 0 Å². The number of sulfonamides is 1. The van der Waals surface area contributed by atoms with Gasteiger partial charge in [-0.25, -0.2) is 13.1 Å². The minimum atomic E-state index is -3.54. The lowest BCUT2D eigenvalue weighted by molar-refractivity contribution is -0.120. The monoisotopic (exact) mass is 254 g/mol. The number of carbonyl (C=O) groups excluding carboxylic acids is 1. The van der Waals surface area contributed by atoms with E-state index < -0.39 is 10.0 Å². The molecule has 1 aliphatic carbocycles. The molecular weight excluding hydrogens is 240 g/mol. The third kappa shape index (κ3) is 2.89. The first kappa shape index (κ1) is 12.2. The highest BCUT2D eigenvalue weighted by atomic mass is 32.2. The Morgan fingerprint density at radius 3 is 2.88 bits per heavy atom. The van der Waals surface area contributed by atoms with Gasteiger partial charge < -0.3 is 0 Å². The summed E-state index contributed by atoms with van der Waals surface area (Å²) in [6.45, 7) is 0.191. The molecule has 1 saturated carbocycles. The van der Waals surface area contributed by atoms with E-state index in [1.807, 2.05) is 0 Å². The first-order valence-corrected chi connectivity index (χ1v) is 7.00. The van der Waals surface area contributed by atoms with Gasteiger partial charge in [-0.3, -0.25) is 9.78 Å². The molecule has 1 aromatic rings. The van der Waals surface area contributed by atoms with Crippen LogP contribution in [0.15, 0.2) is 29.4 Å². The second-order valence-electron chi connectivity index (χ2n) is 4.10. The number of carbonyl (C=O) groups is 1. The predicted octanol–water partition coefficient (Wildman–Crippen LogP) is 0.729. The quantitative estimate of drug-likeness (QED) is 0.859. The molecule has 0 bridgehead atoms. The first-order valence-electron chi connectivity index (χ1n) is 5.52. The maximum absolute atomic E-state index is 11.8. The number of aromatic nitrogens is 1. The lowest BCUT2D eigenvalue weighted by Gasteiger charge is -2.10. The molecule has 2 rings (SSSR count). The molecule has 0 aromatic carbocycles. The number of nitrogens with zero attached hydrogens (tertiary/aromatic N) is 1. The number of nitrogens with one attached hydrogen (secondary N) is 1. The molecule has 1 fully saturated rings. The standard InChI is InChI=1S/C11H14N2O3S/c14-11-5-1-3-9(11)7-13-17(15,16)10-4-2-6-12-8-10/h2,4,6,8-9,13H,1,3,5,7H2/t9-/m0/s1. The zero-order valence-corrected chi connectivity index (χ0v) is 10.1. The number of ketones is 1. The second-order valence-corrected chi connectivity index (χ2v) is 5.86. The van der Waals surface area contributed by atoms with E-state index in [0.717, 1.165) is 12.8 Å². The summed E-state index contributed by atoms with van der Waals surface area (Å²) in [5.74, 6) is -0.0136. The fourth-order valence-electron chi connectivity index (χ4n) is 1.90. The maximum atomic E-state index is 11.8. The van der Waals surface area contributed by atoms with Gasteiger partial charge in [-0.15, -0.1) is 0 Å². The summed E-state index contributed by atoms with van der Waals surface area (Å²) in [5, 5.41) is 0. The zero-order valence-electron chi connectivity index (χ0n) is 9.30. The van der Waals surface area contributed by atoms with Gasteiger partial charge in [0, 0.05) is 31.3 Å². The number of Topliss-reactive ketones (excluding diaryl/α,β-unsaturated/α-hetero) is 1. The van der Waals surface area contributed by atoms with Gasteiger partial charge in [0.1, 0.15) is 10.7 Å². The van der Waals surface area contributed by atoms with Crippen molar-refractivity contribution in [3.63, 3.8) is 0 Å². The van der Waals surface area contributed by atoms with Gasteiger partial charge in [0.15, 0.2) is 0 Å². The maximum Gasteiger partial charge on any atom is 0.242 e. The number of hydrogen-bond acceptors (Lipinski definition) is 4. The van der Waals surface area contributed by atoms with E-state index in [-0.39, 0.29) is 23.1 Å². The third-order valence-corrected chi connectivity index (χ3v) is 4.30. The van der Waals surface area contributed by atoms with Crippen LogP contribution in [0.25, 0.3) is 0 Å². The molecule has 1 heterocycles. The largest absolute Gasteiger partial charge is 0.299 e. The Morgan fingerprint density at radius 2 is 2.29 bits per heavy atom. The van der Waals surface area contributed by atoms with E-state index in [0.29, 0.717) is 6.42 Å². The summed E-state index contributed by atoms with van der Waals surface area (Å²) in [4.78, 5) is 15.3. The Bertz CT molecular complexity index is 499. The van der Waals surface area contributed by atoms with Crippen molar-refractivity contribution in [2.75, 3.05) is 6.54 Å². The fraction of sp³-hybridized carbons (Fsp3) is 0.455. The second kappa shape index (κ2) is 4.93. The highest BCUT2D eigenvalue weighted by Gasteiger charge is 2.26. The molecule has 0 amide bonds. The van der Waals surface area contributed by atoms with Crippen LogP contribution in [0.1, 0.15) is 19.3 Å². The number of pyridine rings is 1. The minimum absolute atomic E-state index is 0.130. The van der Waals surface area contributed by atoms with Crippen LogP contribution in [-0.2, 0) is 14.8 Å². The summed E-state index contributed by atoms with van der Waals surface area (Å²) in [6.07, 6.45) is 5.00. The molecule has 0 radical (unpaired) electrons. The summed E-state index contributed by atoms with van der Waals surface area (Å²) < 4.78 is 26.1. The summed E-state index contributed by atoms with van der Waals surface area (Å²) >= 11 is 0. The van der Waals surface area contributed by atoms with Crippen molar-refractivity contribution in [1.29, 1.82) is 0 Å². The van der Waals surface area contributed by atoms with Gasteiger partial charge in [0.25, 0.3) is 0 Å². The van der Waals surface area contributed by atoms with Crippen LogP contribution in [0.3, 0.4) is 0 Å². The summed E-state index contributed by atoms with van der Waals surface area (Å²) in [5.41, 5.74) is 0. The molecule has 0 unspecified atom stereocenters. The van der Waals surface area contributed by atoms with Crippen LogP contribution in [-0.4, -0.2) is 25.7 Å². The van der Waals surface area contributed by atoms with Crippen LogP contribution in [0.4, 0.5) is 0 Å². The zero-order chi connectivity index (χ0) is 12.3. The Labute approximate surface area is 100 Å². The van der Waals surface area contributed by atoms with Crippen LogP contribution in [0, 0.1) is 5.92 Å². The number of hydrogen-bond donors (Lipinski definition) is 1. The van der Waals surface area contributed by atoms with Gasteiger partial charge in [0.05, 0.1) is 0 Å². The fourth-order valence-corrected chi connectivity index (χ4v) is 2.95. The van der Waals surface area contributed by atoms with Crippen molar-refractivity contribution in [2.45, 2.75) is 24.2 Å². The SMILES string of the molecule is O=C1CCC[C@H]1CNS(=O)(=O)c1cccnc1. The Morgan fingerprint density at radius 1 is 1.47 bits per heavy atom. The van der Waals surface area contributed by atoms with E-state index in [1.54, 1.807) is 6.07 Å². The Hall–Kier alpha value is -1.27. The average molecular weight is 254 g/mol. The van der Waals surface area contributed by atoms with Gasteiger partial charge in [-0.2, -0.15) is 0 Å². The lowest BCUT2D eigenvalue weighted by Crippen LogP contribution is -2.31. The summed E-state index contributed by atoms with van der Waals surface area (Å²) in [7, 11) is -3.54. The predicted molar refractivity (Wildman–Crippen MR) is 61.8 cm³/mol. The molecule has 6 heteroatoms. The van der Waals surface area contributed by atoms with Crippen LogP contribution >= 0.6 is 0 Å². The smallest absolute Gasteiger partial charge is 0.242 e. The molecule has 1 aliphatic rings. The van der Waals surface area contributed by atoms with Crippen molar-refractivity contribution in [3.8, 4) is 0 Å². The van der Waals surface area contributed by atoms with Crippen LogP contribution in [0.2, 0.25) is 0 Å². The normalized spacial score (nSPS) is 20.7. The molecule has 1 N–H and O–H groups in total. The molecule has 0 saturated heterocycles. The molecule has 92 valence electrons. The van der Waals surface area contributed by atoms with Gasteiger partial charge >= 0.3 is 0 Å². The number of rotatable bonds is 4. The van der Waals surface area contributed by atoms with Gasteiger partial charge in [-0.1, -0.05) is 0 Å².